The van der Waals surface area contributed by atoms with Crippen LogP contribution in [0.15, 0.2) is 30.0 Å². The number of nitrogen functional groups attached to an aromatic ring is 1. The second-order valence-electron chi connectivity index (χ2n) is 6.74. The van der Waals surface area contributed by atoms with Crippen molar-refractivity contribution < 1.29 is 9.53 Å². The molecule has 0 radical (unpaired) electrons. The third-order valence-corrected chi connectivity index (χ3v) is 5.59. The third-order valence-electron chi connectivity index (χ3n) is 5.01. The SMILES string of the molecule is Nc1nc2c(c(-c3c(Cl)cc(Cl)c4c3CCO4)n1)CN(C(=O)NC1=CC=C1)C2. The molecule has 0 fully saturated rings. The van der Waals surface area contributed by atoms with Crippen LogP contribution in [0, 0.1) is 0 Å². The number of urea groups is 1. The van der Waals surface area contributed by atoms with Crippen LogP contribution in [0.2, 0.25) is 10.0 Å². The molecule has 0 atom stereocenters. The van der Waals surface area contributed by atoms with Crippen molar-refractivity contribution in [3.8, 4) is 17.0 Å². The van der Waals surface area contributed by atoms with E-state index in [0.717, 1.165) is 28.1 Å². The average molecular weight is 416 g/mol. The third kappa shape index (κ3) is 2.70. The Morgan fingerprint density at radius 2 is 2.04 bits per heavy atom. The molecular weight excluding hydrogens is 401 g/mol. The van der Waals surface area contributed by atoms with Gasteiger partial charge < -0.3 is 20.7 Å². The van der Waals surface area contributed by atoms with E-state index in [1.54, 1.807) is 11.0 Å². The highest BCUT2D eigenvalue weighted by atomic mass is 35.5. The van der Waals surface area contributed by atoms with Gasteiger partial charge in [-0.05, 0) is 18.2 Å². The van der Waals surface area contributed by atoms with Gasteiger partial charge in [-0.25, -0.2) is 14.8 Å². The smallest absolute Gasteiger partial charge is 0.322 e. The van der Waals surface area contributed by atoms with Gasteiger partial charge in [0.2, 0.25) is 5.95 Å². The summed E-state index contributed by atoms with van der Waals surface area (Å²) in [5, 5.41) is 3.79. The molecule has 2 aromatic rings. The molecule has 7 nitrogen and oxygen atoms in total. The number of hydrogen-bond acceptors (Lipinski definition) is 5. The molecule has 1 aromatic heterocycles. The topological polar surface area (TPSA) is 93.4 Å². The Morgan fingerprint density at radius 1 is 1.21 bits per heavy atom. The summed E-state index contributed by atoms with van der Waals surface area (Å²) in [6.45, 7) is 1.24. The van der Waals surface area contributed by atoms with Gasteiger partial charge in [0, 0.05) is 28.8 Å². The number of halogens is 2. The molecule has 3 N–H and O–H groups in total. The summed E-state index contributed by atoms with van der Waals surface area (Å²) in [6, 6.07) is 1.45. The summed E-state index contributed by atoms with van der Waals surface area (Å²) in [5.74, 6) is 0.766. The van der Waals surface area contributed by atoms with Crippen LogP contribution in [0.4, 0.5) is 10.7 Å². The summed E-state index contributed by atoms with van der Waals surface area (Å²) in [4.78, 5) is 23.0. The Morgan fingerprint density at radius 3 is 2.79 bits per heavy atom. The zero-order valence-electron chi connectivity index (χ0n) is 14.6. The number of carbonyl (C=O) groups excluding carboxylic acids is 1. The molecule has 3 heterocycles. The highest BCUT2D eigenvalue weighted by Crippen LogP contribution is 2.46. The Labute approximate surface area is 170 Å². The highest BCUT2D eigenvalue weighted by Gasteiger charge is 2.32. The fraction of sp³-hybridized carbons (Fsp3) is 0.211. The second-order valence-corrected chi connectivity index (χ2v) is 7.56. The number of amides is 2. The van der Waals surface area contributed by atoms with Crippen LogP contribution in [0.5, 0.6) is 5.75 Å². The number of allylic oxidation sites excluding steroid dienone is 3. The molecule has 2 amide bonds. The lowest BCUT2D eigenvalue weighted by Crippen LogP contribution is -2.36. The number of ether oxygens (including phenoxy) is 1. The second kappa shape index (κ2) is 6.39. The van der Waals surface area contributed by atoms with Gasteiger partial charge in [0.25, 0.3) is 0 Å². The number of nitrogens with zero attached hydrogens (tertiary/aromatic N) is 3. The van der Waals surface area contributed by atoms with Gasteiger partial charge >= 0.3 is 6.03 Å². The van der Waals surface area contributed by atoms with Crippen LogP contribution < -0.4 is 15.8 Å². The van der Waals surface area contributed by atoms with E-state index in [1.165, 1.54) is 0 Å². The van der Waals surface area contributed by atoms with E-state index in [4.69, 9.17) is 33.7 Å². The van der Waals surface area contributed by atoms with E-state index in [9.17, 15) is 4.79 Å². The molecule has 5 rings (SSSR count). The van der Waals surface area contributed by atoms with Crippen molar-refractivity contribution >= 4 is 35.2 Å². The molecule has 0 unspecified atom stereocenters. The van der Waals surface area contributed by atoms with Crippen LogP contribution in [0.3, 0.4) is 0 Å². The van der Waals surface area contributed by atoms with Crippen molar-refractivity contribution in [1.82, 2.24) is 20.2 Å². The van der Waals surface area contributed by atoms with Crippen LogP contribution in [-0.2, 0) is 19.5 Å². The molecule has 28 heavy (non-hydrogen) atoms. The van der Waals surface area contributed by atoms with Crippen molar-refractivity contribution in [1.29, 1.82) is 0 Å². The summed E-state index contributed by atoms with van der Waals surface area (Å²) >= 11 is 12.8. The maximum atomic E-state index is 12.5. The first-order chi connectivity index (χ1) is 13.5. The number of hydrogen-bond donors (Lipinski definition) is 2. The lowest BCUT2D eigenvalue weighted by atomic mass is 9.98. The molecule has 2 aliphatic heterocycles. The van der Waals surface area contributed by atoms with Crippen molar-refractivity contribution in [3.05, 3.63) is 56.9 Å². The zero-order chi connectivity index (χ0) is 19.4. The maximum Gasteiger partial charge on any atom is 0.322 e. The first-order valence-corrected chi connectivity index (χ1v) is 9.50. The first kappa shape index (κ1) is 17.3. The van der Waals surface area contributed by atoms with E-state index in [0.29, 0.717) is 47.6 Å². The molecule has 0 bridgehead atoms. The molecule has 142 valence electrons. The predicted octanol–water partition coefficient (Wildman–Crippen LogP) is 3.45. The monoisotopic (exact) mass is 415 g/mol. The lowest BCUT2D eigenvalue weighted by molar-refractivity contribution is 0.201. The molecule has 9 heteroatoms. The van der Waals surface area contributed by atoms with Crippen LogP contribution in [0.1, 0.15) is 16.8 Å². The summed E-state index contributed by atoms with van der Waals surface area (Å²) < 4.78 is 5.67. The van der Waals surface area contributed by atoms with Crippen LogP contribution >= 0.6 is 23.2 Å². The van der Waals surface area contributed by atoms with Crippen LogP contribution in [-0.4, -0.2) is 27.5 Å². The fourth-order valence-electron chi connectivity index (χ4n) is 3.66. The zero-order valence-corrected chi connectivity index (χ0v) is 16.1. The normalized spacial score (nSPS) is 16.2. The number of anilines is 1. The molecule has 1 aliphatic carbocycles. The van der Waals surface area contributed by atoms with Gasteiger partial charge in [-0.3, -0.25) is 0 Å². The Kier molecular flexibility index (Phi) is 3.96. The van der Waals surface area contributed by atoms with E-state index < -0.39 is 0 Å². The first-order valence-electron chi connectivity index (χ1n) is 8.75. The number of rotatable bonds is 2. The van der Waals surface area contributed by atoms with Crippen molar-refractivity contribution in [3.63, 3.8) is 0 Å². The predicted molar refractivity (Wildman–Crippen MR) is 106 cm³/mol. The molecule has 3 aliphatic rings. The fourth-order valence-corrected chi connectivity index (χ4v) is 4.31. The molecular formula is C19H15Cl2N5O2. The number of fused-ring (bicyclic) bond motifs is 2. The van der Waals surface area contributed by atoms with Crippen LogP contribution in [0.25, 0.3) is 11.3 Å². The minimum atomic E-state index is -0.200. The van der Waals surface area contributed by atoms with Crippen molar-refractivity contribution in [2.24, 2.45) is 0 Å². The summed E-state index contributed by atoms with van der Waals surface area (Å²) in [7, 11) is 0. The van der Waals surface area contributed by atoms with Gasteiger partial charge in [-0.2, -0.15) is 0 Å². The van der Waals surface area contributed by atoms with Crippen molar-refractivity contribution in [2.75, 3.05) is 12.3 Å². The molecule has 0 saturated heterocycles. The molecule has 1 aromatic carbocycles. The van der Waals surface area contributed by atoms with Crippen molar-refractivity contribution in [2.45, 2.75) is 19.5 Å². The molecule has 0 spiro atoms. The van der Waals surface area contributed by atoms with Gasteiger partial charge in [0.15, 0.2) is 0 Å². The number of benzene rings is 1. The maximum absolute atomic E-state index is 12.5. The standard InChI is InChI=1S/C19H15Cl2N5O2/c20-12-6-13(21)17-10(4-5-28-17)15(12)16-11-7-26(8-14(11)24-18(22)25-16)19(27)23-9-2-1-3-9/h1-3,6H,4-5,7-8H2,(H,23,27)(H2,22,24,25). The Hall–Kier alpha value is -2.77. The quantitative estimate of drug-likeness (QED) is 0.783. The summed E-state index contributed by atoms with van der Waals surface area (Å²) in [5.41, 5.74) is 10.6. The Bertz CT molecular complexity index is 1100. The number of carbonyl (C=O) groups is 1. The van der Waals surface area contributed by atoms with Gasteiger partial charge in [-0.15, -0.1) is 0 Å². The lowest BCUT2D eigenvalue weighted by Gasteiger charge is -2.18. The number of nitrogens with one attached hydrogen (secondary N) is 1. The summed E-state index contributed by atoms with van der Waals surface area (Å²) in [6.07, 6.45) is 6.21. The number of aromatic nitrogens is 2. The average Bonchev–Trinajstić information content (AvgIpc) is 3.24. The van der Waals surface area contributed by atoms with Gasteiger partial charge in [-0.1, -0.05) is 29.3 Å². The molecule has 0 saturated carbocycles. The Balaban J connectivity index is 1.56. The van der Waals surface area contributed by atoms with E-state index in [1.807, 2.05) is 18.2 Å². The number of nitrogens with two attached hydrogens (primary N) is 1. The van der Waals surface area contributed by atoms with E-state index in [2.05, 4.69) is 15.3 Å². The van der Waals surface area contributed by atoms with E-state index in [-0.39, 0.29) is 12.0 Å². The van der Waals surface area contributed by atoms with Gasteiger partial charge in [0.1, 0.15) is 5.75 Å². The minimum absolute atomic E-state index is 0.138. The van der Waals surface area contributed by atoms with Gasteiger partial charge in [0.05, 0.1) is 41.1 Å². The highest BCUT2D eigenvalue weighted by molar-refractivity contribution is 6.37. The minimum Gasteiger partial charge on any atom is -0.491 e. The van der Waals surface area contributed by atoms with E-state index >= 15 is 0 Å². The largest absolute Gasteiger partial charge is 0.491 e.